The van der Waals surface area contributed by atoms with E-state index in [0.717, 1.165) is 17.1 Å². The van der Waals surface area contributed by atoms with E-state index in [0.29, 0.717) is 12.5 Å². The van der Waals surface area contributed by atoms with E-state index < -0.39 is 0 Å². The van der Waals surface area contributed by atoms with Crippen LogP contribution in [0, 0.1) is 11.8 Å². The van der Waals surface area contributed by atoms with Gasteiger partial charge in [0.1, 0.15) is 18.7 Å². The minimum atomic E-state index is 0.268. The molecule has 0 spiro atoms. The van der Waals surface area contributed by atoms with Gasteiger partial charge in [-0.15, -0.1) is 11.6 Å². The zero-order valence-corrected chi connectivity index (χ0v) is 12.3. The Bertz CT molecular complexity index is 608. The molecule has 0 saturated heterocycles. The summed E-state index contributed by atoms with van der Waals surface area (Å²) in [5.74, 6) is 7.69. The zero-order valence-electron chi connectivity index (χ0n) is 11.5. The third-order valence-corrected chi connectivity index (χ3v) is 2.79. The molecule has 2 aromatic rings. The van der Waals surface area contributed by atoms with Gasteiger partial charge in [0, 0.05) is 11.6 Å². The lowest BCUT2D eigenvalue weighted by molar-refractivity contribution is 0.282. The standard InChI is InChI=1S/C15H16ClN3O/c1-12(2)19-15(17-11-18-19)10-20-14-7-5-13(6-8-14)4-3-9-16/h5-8,11-12H,9-10H2,1-2H3. The topological polar surface area (TPSA) is 39.9 Å². The number of benzene rings is 1. The third kappa shape index (κ3) is 3.75. The number of rotatable bonds is 4. The number of halogens is 1. The van der Waals surface area contributed by atoms with Gasteiger partial charge in [0.05, 0.1) is 5.88 Å². The molecule has 0 aliphatic carbocycles. The van der Waals surface area contributed by atoms with Gasteiger partial charge in [0.25, 0.3) is 0 Å². The molecular weight excluding hydrogens is 274 g/mol. The van der Waals surface area contributed by atoms with Gasteiger partial charge in [-0.05, 0) is 38.1 Å². The number of ether oxygens (including phenoxy) is 1. The summed E-state index contributed by atoms with van der Waals surface area (Å²) in [6.07, 6.45) is 1.55. The van der Waals surface area contributed by atoms with E-state index >= 15 is 0 Å². The Labute approximate surface area is 123 Å². The zero-order chi connectivity index (χ0) is 14.4. The lowest BCUT2D eigenvalue weighted by atomic mass is 10.2. The number of aromatic nitrogens is 3. The Morgan fingerprint density at radius 2 is 2.05 bits per heavy atom. The molecule has 0 saturated carbocycles. The van der Waals surface area contributed by atoms with Gasteiger partial charge < -0.3 is 4.74 Å². The fourth-order valence-electron chi connectivity index (χ4n) is 1.73. The largest absolute Gasteiger partial charge is 0.486 e. The molecule has 5 heteroatoms. The second-order valence-corrected chi connectivity index (χ2v) is 4.73. The van der Waals surface area contributed by atoms with Crippen molar-refractivity contribution in [2.24, 2.45) is 0 Å². The number of nitrogens with zero attached hydrogens (tertiary/aromatic N) is 3. The molecule has 104 valence electrons. The first-order valence-corrected chi connectivity index (χ1v) is 6.90. The average Bonchev–Trinajstić information content (AvgIpc) is 2.92. The summed E-state index contributed by atoms with van der Waals surface area (Å²) in [6.45, 7) is 4.51. The minimum Gasteiger partial charge on any atom is -0.486 e. The van der Waals surface area contributed by atoms with Crippen molar-refractivity contribution in [3.05, 3.63) is 42.0 Å². The van der Waals surface area contributed by atoms with Crippen molar-refractivity contribution in [2.75, 3.05) is 5.88 Å². The van der Waals surface area contributed by atoms with Gasteiger partial charge in [-0.1, -0.05) is 11.8 Å². The highest BCUT2D eigenvalue weighted by Crippen LogP contribution is 2.14. The second kappa shape index (κ2) is 6.97. The monoisotopic (exact) mass is 289 g/mol. The van der Waals surface area contributed by atoms with Gasteiger partial charge in [0.2, 0.25) is 0 Å². The van der Waals surface area contributed by atoms with Crippen molar-refractivity contribution in [3.8, 4) is 17.6 Å². The van der Waals surface area contributed by atoms with E-state index in [1.165, 1.54) is 0 Å². The molecular formula is C15H16ClN3O. The summed E-state index contributed by atoms with van der Waals surface area (Å²) in [5, 5.41) is 4.17. The van der Waals surface area contributed by atoms with Gasteiger partial charge >= 0.3 is 0 Å². The van der Waals surface area contributed by atoms with E-state index in [2.05, 4.69) is 35.8 Å². The van der Waals surface area contributed by atoms with Crippen LogP contribution >= 0.6 is 11.6 Å². The van der Waals surface area contributed by atoms with Gasteiger partial charge in [-0.2, -0.15) is 5.10 Å². The van der Waals surface area contributed by atoms with Crippen LogP contribution in [0.5, 0.6) is 5.75 Å². The summed E-state index contributed by atoms with van der Waals surface area (Å²) in [6, 6.07) is 7.84. The summed E-state index contributed by atoms with van der Waals surface area (Å²) in [7, 11) is 0. The molecule has 1 heterocycles. The summed E-state index contributed by atoms with van der Waals surface area (Å²) < 4.78 is 7.55. The molecule has 0 aliphatic heterocycles. The van der Waals surface area contributed by atoms with E-state index in [-0.39, 0.29) is 6.04 Å². The summed E-state index contributed by atoms with van der Waals surface area (Å²) in [5.41, 5.74) is 0.920. The molecule has 0 atom stereocenters. The fourth-order valence-corrected chi connectivity index (χ4v) is 1.79. The van der Waals surface area contributed by atoms with Crippen LogP contribution < -0.4 is 4.74 Å². The minimum absolute atomic E-state index is 0.268. The highest BCUT2D eigenvalue weighted by molar-refractivity contribution is 6.19. The highest BCUT2D eigenvalue weighted by Gasteiger charge is 2.07. The molecule has 0 radical (unpaired) electrons. The maximum atomic E-state index is 5.70. The van der Waals surface area contributed by atoms with Crippen molar-refractivity contribution in [3.63, 3.8) is 0 Å². The van der Waals surface area contributed by atoms with E-state index in [4.69, 9.17) is 16.3 Å². The van der Waals surface area contributed by atoms with Crippen LogP contribution in [0.2, 0.25) is 0 Å². The van der Waals surface area contributed by atoms with Crippen LogP contribution in [0.15, 0.2) is 30.6 Å². The third-order valence-electron chi connectivity index (χ3n) is 2.66. The Morgan fingerprint density at radius 3 is 2.70 bits per heavy atom. The lowest BCUT2D eigenvalue weighted by Crippen LogP contribution is -2.10. The molecule has 0 fully saturated rings. The maximum Gasteiger partial charge on any atom is 0.165 e. The first kappa shape index (κ1) is 14.4. The first-order valence-electron chi connectivity index (χ1n) is 6.37. The number of hydrogen-bond donors (Lipinski definition) is 0. The lowest BCUT2D eigenvalue weighted by Gasteiger charge is -2.10. The van der Waals surface area contributed by atoms with Crippen LogP contribution in [0.25, 0.3) is 0 Å². The summed E-state index contributed by atoms with van der Waals surface area (Å²) >= 11 is 5.52. The van der Waals surface area contributed by atoms with E-state index in [9.17, 15) is 0 Å². The Hall–Kier alpha value is -1.99. The second-order valence-electron chi connectivity index (χ2n) is 4.46. The smallest absolute Gasteiger partial charge is 0.165 e. The Balaban J connectivity index is 1.99. The van der Waals surface area contributed by atoms with Crippen LogP contribution in [-0.2, 0) is 6.61 Å². The molecule has 1 aromatic carbocycles. The molecule has 1 aromatic heterocycles. The van der Waals surface area contributed by atoms with Crippen molar-refractivity contribution in [1.29, 1.82) is 0 Å². The molecule has 2 rings (SSSR count). The molecule has 0 aliphatic rings. The fraction of sp³-hybridized carbons (Fsp3) is 0.333. The first-order chi connectivity index (χ1) is 9.70. The molecule has 0 N–H and O–H groups in total. The predicted molar refractivity (Wildman–Crippen MR) is 78.8 cm³/mol. The van der Waals surface area contributed by atoms with E-state index in [1.807, 2.05) is 28.9 Å². The molecule has 20 heavy (non-hydrogen) atoms. The number of hydrogen-bond acceptors (Lipinski definition) is 3. The summed E-state index contributed by atoms with van der Waals surface area (Å²) in [4.78, 5) is 4.20. The van der Waals surface area contributed by atoms with Crippen molar-refractivity contribution < 1.29 is 4.74 Å². The normalized spacial score (nSPS) is 10.2. The van der Waals surface area contributed by atoms with Crippen molar-refractivity contribution >= 4 is 11.6 Å². The predicted octanol–water partition coefficient (Wildman–Crippen LogP) is 3.03. The van der Waals surface area contributed by atoms with Crippen molar-refractivity contribution in [2.45, 2.75) is 26.5 Å². The van der Waals surface area contributed by atoms with Gasteiger partial charge in [-0.3, -0.25) is 0 Å². The van der Waals surface area contributed by atoms with Gasteiger partial charge in [-0.25, -0.2) is 9.67 Å². The Morgan fingerprint density at radius 1 is 1.30 bits per heavy atom. The highest BCUT2D eigenvalue weighted by atomic mass is 35.5. The Kier molecular flexibility index (Phi) is 5.03. The van der Waals surface area contributed by atoms with Crippen molar-refractivity contribution in [1.82, 2.24) is 14.8 Å². The maximum absolute atomic E-state index is 5.70. The van der Waals surface area contributed by atoms with Crippen LogP contribution in [0.4, 0.5) is 0 Å². The molecule has 4 nitrogen and oxygen atoms in total. The van der Waals surface area contributed by atoms with E-state index in [1.54, 1.807) is 6.33 Å². The number of alkyl halides is 1. The van der Waals surface area contributed by atoms with Crippen LogP contribution in [0.1, 0.15) is 31.3 Å². The van der Waals surface area contributed by atoms with Crippen LogP contribution in [-0.4, -0.2) is 20.6 Å². The van der Waals surface area contributed by atoms with Gasteiger partial charge in [0.15, 0.2) is 5.82 Å². The quantitative estimate of drug-likeness (QED) is 0.641. The molecule has 0 bridgehead atoms. The SMILES string of the molecule is CC(C)n1ncnc1COc1ccc(C#CCCl)cc1. The van der Waals surface area contributed by atoms with Crippen LogP contribution in [0.3, 0.4) is 0 Å². The average molecular weight is 290 g/mol. The molecule has 0 amide bonds. The molecule has 0 unspecified atom stereocenters.